The fourth-order valence-electron chi connectivity index (χ4n) is 3.03. The number of nitrogens with zero attached hydrogens (tertiary/aromatic N) is 1. The van der Waals surface area contributed by atoms with Crippen molar-refractivity contribution in [2.75, 3.05) is 30.3 Å². The monoisotopic (exact) mass is 371 g/mol. The van der Waals surface area contributed by atoms with Gasteiger partial charge in [-0.2, -0.15) is 0 Å². The first kappa shape index (κ1) is 18.8. The molecule has 0 aromatic heterocycles. The molecular formula is C20H22FN3O3. The Kier molecular flexibility index (Phi) is 6.03. The maximum atomic E-state index is 13.2. The van der Waals surface area contributed by atoms with Crippen molar-refractivity contribution >= 4 is 23.3 Å². The van der Waals surface area contributed by atoms with E-state index in [2.05, 4.69) is 10.6 Å². The Labute approximate surface area is 157 Å². The van der Waals surface area contributed by atoms with Crippen molar-refractivity contribution in [1.29, 1.82) is 0 Å². The van der Waals surface area contributed by atoms with Gasteiger partial charge in [0.15, 0.2) is 0 Å². The average molecular weight is 371 g/mol. The number of aliphatic hydroxyl groups is 1. The van der Waals surface area contributed by atoms with Crippen LogP contribution in [0.4, 0.5) is 20.6 Å². The van der Waals surface area contributed by atoms with Gasteiger partial charge in [-0.1, -0.05) is 12.1 Å². The van der Waals surface area contributed by atoms with Crippen LogP contribution in [0.5, 0.6) is 0 Å². The minimum absolute atomic E-state index is 0.151. The van der Waals surface area contributed by atoms with Gasteiger partial charge in [0.1, 0.15) is 5.82 Å². The van der Waals surface area contributed by atoms with Crippen molar-refractivity contribution in [1.82, 2.24) is 4.90 Å². The average Bonchev–Trinajstić information content (AvgIpc) is 2.68. The minimum Gasteiger partial charge on any atom is -0.396 e. The molecule has 1 fully saturated rings. The SMILES string of the molecule is O=C(Nc1cccc(F)c1)c1cccc(NC(=O)N2CCC(CO)CC2)c1. The number of nitrogens with one attached hydrogen (secondary N) is 2. The first-order valence-electron chi connectivity index (χ1n) is 8.89. The molecule has 0 atom stereocenters. The van der Waals surface area contributed by atoms with Crippen molar-refractivity contribution in [3.8, 4) is 0 Å². The molecule has 6 nitrogen and oxygen atoms in total. The van der Waals surface area contributed by atoms with Crippen molar-refractivity contribution in [3.63, 3.8) is 0 Å². The van der Waals surface area contributed by atoms with Crippen LogP contribution in [-0.2, 0) is 0 Å². The van der Waals surface area contributed by atoms with Gasteiger partial charge < -0.3 is 20.6 Å². The van der Waals surface area contributed by atoms with E-state index in [-0.39, 0.29) is 24.5 Å². The molecule has 1 aliphatic rings. The molecule has 2 aromatic carbocycles. The number of hydrogen-bond donors (Lipinski definition) is 3. The van der Waals surface area contributed by atoms with Crippen LogP contribution in [0.2, 0.25) is 0 Å². The molecule has 3 rings (SSSR count). The van der Waals surface area contributed by atoms with E-state index < -0.39 is 5.82 Å². The third-order valence-electron chi connectivity index (χ3n) is 4.62. The lowest BCUT2D eigenvalue weighted by Gasteiger charge is -2.31. The Hall–Kier alpha value is -2.93. The van der Waals surface area contributed by atoms with Crippen LogP contribution in [0.15, 0.2) is 48.5 Å². The van der Waals surface area contributed by atoms with E-state index in [9.17, 15) is 19.1 Å². The highest BCUT2D eigenvalue weighted by Crippen LogP contribution is 2.19. The second-order valence-corrected chi connectivity index (χ2v) is 6.59. The highest BCUT2D eigenvalue weighted by Gasteiger charge is 2.22. The molecule has 7 heteroatoms. The number of benzene rings is 2. The van der Waals surface area contributed by atoms with E-state index in [4.69, 9.17) is 0 Å². The Balaban J connectivity index is 1.61. The number of piperidine rings is 1. The summed E-state index contributed by atoms with van der Waals surface area (Å²) in [5, 5.41) is 14.6. The lowest BCUT2D eigenvalue weighted by molar-refractivity contribution is 0.102. The summed E-state index contributed by atoms with van der Waals surface area (Å²) >= 11 is 0. The van der Waals surface area contributed by atoms with Crippen molar-refractivity contribution in [3.05, 3.63) is 59.9 Å². The largest absolute Gasteiger partial charge is 0.396 e. The second-order valence-electron chi connectivity index (χ2n) is 6.59. The number of rotatable bonds is 4. The van der Waals surface area contributed by atoms with Crippen LogP contribution >= 0.6 is 0 Å². The quantitative estimate of drug-likeness (QED) is 0.771. The molecule has 3 N–H and O–H groups in total. The Morgan fingerprint density at radius 2 is 1.70 bits per heavy atom. The zero-order chi connectivity index (χ0) is 19.2. The molecule has 0 spiro atoms. The molecule has 3 amide bonds. The summed E-state index contributed by atoms with van der Waals surface area (Å²) in [5.74, 6) is -0.567. The summed E-state index contributed by atoms with van der Waals surface area (Å²) in [6, 6.07) is 12.0. The van der Waals surface area contributed by atoms with Gasteiger partial charge in [-0.3, -0.25) is 4.79 Å². The van der Waals surface area contributed by atoms with Crippen LogP contribution in [0.25, 0.3) is 0 Å². The maximum Gasteiger partial charge on any atom is 0.321 e. The van der Waals surface area contributed by atoms with Gasteiger partial charge in [0.25, 0.3) is 5.91 Å². The smallest absolute Gasteiger partial charge is 0.321 e. The number of urea groups is 1. The zero-order valence-electron chi connectivity index (χ0n) is 14.8. The van der Waals surface area contributed by atoms with Crippen LogP contribution < -0.4 is 10.6 Å². The predicted octanol–water partition coefficient (Wildman–Crippen LogP) is 3.31. The Morgan fingerprint density at radius 3 is 2.37 bits per heavy atom. The minimum atomic E-state index is -0.432. The molecule has 0 unspecified atom stereocenters. The number of carbonyl (C=O) groups excluding carboxylic acids is 2. The van der Waals surface area contributed by atoms with Gasteiger partial charge in [-0.25, -0.2) is 9.18 Å². The molecule has 0 saturated carbocycles. The van der Waals surface area contributed by atoms with Crippen LogP contribution in [-0.4, -0.2) is 41.6 Å². The zero-order valence-corrected chi connectivity index (χ0v) is 14.8. The van der Waals surface area contributed by atoms with E-state index >= 15 is 0 Å². The topological polar surface area (TPSA) is 81.7 Å². The van der Waals surface area contributed by atoms with Crippen molar-refractivity contribution in [2.24, 2.45) is 5.92 Å². The first-order valence-corrected chi connectivity index (χ1v) is 8.89. The molecule has 0 bridgehead atoms. The Bertz CT molecular complexity index is 820. The van der Waals surface area contributed by atoms with E-state index in [1.165, 1.54) is 18.2 Å². The molecule has 0 radical (unpaired) electrons. The highest BCUT2D eigenvalue weighted by atomic mass is 19.1. The van der Waals surface area contributed by atoms with Gasteiger partial charge >= 0.3 is 6.03 Å². The van der Waals surface area contributed by atoms with Gasteiger partial charge in [-0.05, 0) is 55.2 Å². The number of anilines is 2. The molecule has 1 aliphatic heterocycles. The van der Waals surface area contributed by atoms with Gasteiger partial charge in [0.2, 0.25) is 0 Å². The highest BCUT2D eigenvalue weighted by molar-refractivity contribution is 6.05. The van der Waals surface area contributed by atoms with Crippen LogP contribution in [0, 0.1) is 11.7 Å². The number of aliphatic hydroxyl groups excluding tert-OH is 1. The summed E-state index contributed by atoms with van der Waals surface area (Å²) in [6.45, 7) is 1.34. The maximum absolute atomic E-state index is 13.2. The molecule has 1 heterocycles. The summed E-state index contributed by atoms with van der Waals surface area (Å²) in [6.07, 6.45) is 1.56. The normalized spacial score (nSPS) is 14.7. The van der Waals surface area contributed by atoms with E-state index in [0.29, 0.717) is 30.0 Å². The van der Waals surface area contributed by atoms with Crippen LogP contribution in [0.3, 0.4) is 0 Å². The molecular weight excluding hydrogens is 349 g/mol. The summed E-state index contributed by atoms with van der Waals surface area (Å²) in [4.78, 5) is 26.4. The summed E-state index contributed by atoms with van der Waals surface area (Å²) < 4.78 is 13.2. The van der Waals surface area contributed by atoms with Crippen LogP contribution in [0.1, 0.15) is 23.2 Å². The predicted molar refractivity (Wildman–Crippen MR) is 101 cm³/mol. The summed E-state index contributed by atoms with van der Waals surface area (Å²) in [7, 11) is 0. The fourth-order valence-corrected chi connectivity index (χ4v) is 3.03. The first-order chi connectivity index (χ1) is 13.0. The second kappa shape index (κ2) is 8.64. The fraction of sp³-hybridized carbons (Fsp3) is 0.300. The molecule has 2 aromatic rings. The van der Waals surface area contributed by atoms with E-state index in [1.807, 2.05) is 0 Å². The van der Waals surface area contributed by atoms with Gasteiger partial charge in [-0.15, -0.1) is 0 Å². The molecule has 142 valence electrons. The van der Waals surface area contributed by atoms with E-state index in [1.54, 1.807) is 35.2 Å². The van der Waals surface area contributed by atoms with Gasteiger partial charge in [0.05, 0.1) is 0 Å². The number of likely N-dealkylation sites (tertiary alicyclic amines) is 1. The number of hydrogen-bond acceptors (Lipinski definition) is 3. The van der Waals surface area contributed by atoms with Gasteiger partial charge in [0, 0.05) is 36.6 Å². The molecule has 0 aliphatic carbocycles. The van der Waals surface area contributed by atoms with Crippen molar-refractivity contribution < 1.29 is 19.1 Å². The number of amides is 3. The lowest BCUT2D eigenvalue weighted by atomic mass is 9.98. The third-order valence-corrected chi connectivity index (χ3v) is 4.62. The Morgan fingerprint density at radius 1 is 1.04 bits per heavy atom. The molecule has 1 saturated heterocycles. The standard InChI is InChI=1S/C20H22FN3O3/c21-16-4-2-6-18(12-16)22-19(26)15-3-1-5-17(11-15)23-20(27)24-9-7-14(13-25)8-10-24/h1-6,11-12,14,25H,7-10,13H2,(H,22,26)(H,23,27). The number of carbonyl (C=O) groups is 2. The van der Waals surface area contributed by atoms with Crippen molar-refractivity contribution in [2.45, 2.75) is 12.8 Å². The lowest BCUT2D eigenvalue weighted by Crippen LogP contribution is -2.41. The third kappa shape index (κ3) is 5.04. The molecule has 27 heavy (non-hydrogen) atoms. The van der Waals surface area contributed by atoms with E-state index in [0.717, 1.165) is 12.8 Å². The summed E-state index contributed by atoms with van der Waals surface area (Å²) in [5.41, 5.74) is 1.23. The number of halogens is 1.